The first-order valence-corrected chi connectivity index (χ1v) is 7.71. The number of benzene rings is 1. The van der Waals surface area contributed by atoms with Crippen molar-refractivity contribution in [3.8, 4) is 0 Å². The summed E-state index contributed by atoms with van der Waals surface area (Å²) in [7, 11) is 0. The van der Waals surface area contributed by atoms with Gasteiger partial charge in [0.25, 0.3) is 0 Å². The van der Waals surface area contributed by atoms with Crippen LogP contribution in [0.5, 0.6) is 0 Å². The van der Waals surface area contributed by atoms with Gasteiger partial charge < -0.3 is 10.6 Å². The second-order valence-corrected chi connectivity index (χ2v) is 7.37. The summed E-state index contributed by atoms with van der Waals surface area (Å²) in [5.41, 5.74) is 6.98. The van der Waals surface area contributed by atoms with Crippen LogP contribution in [0.1, 0.15) is 31.9 Å². The van der Waals surface area contributed by atoms with E-state index in [9.17, 15) is 4.79 Å². The van der Waals surface area contributed by atoms with E-state index in [2.05, 4.69) is 13.8 Å². The van der Waals surface area contributed by atoms with E-state index in [1.165, 1.54) is 0 Å². The van der Waals surface area contributed by atoms with Crippen LogP contribution in [-0.4, -0.2) is 34.4 Å². The van der Waals surface area contributed by atoms with E-state index in [-0.39, 0.29) is 10.7 Å². The predicted octanol–water partition coefficient (Wildman–Crippen LogP) is 2.43. The molecule has 0 bridgehead atoms. The maximum atomic E-state index is 12.5. The fourth-order valence-corrected chi connectivity index (χ4v) is 3.34. The van der Waals surface area contributed by atoms with Gasteiger partial charge in [0.05, 0.1) is 0 Å². The SMILES string of the molecule is CC1(C)CCN(C(=O)[C@@H](N)c2ccccc2)CCS1. The topological polar surface area (TPSA) is 46.3 Å². The average Bonchev–Trinajstić information content (AvgIpc) is 2.59. The molecule has 1 heterocycles. The molecule has 1 aromatic carbocycles. The molecule has 3 nitrogen and oxygen atoms in total. The van der Waals surface area contributed by atoms with Gasteiger partial charge in [0, 0.05) is 23.6 Å². The van der Waals surface area contributed by atoms with Crippen LogP contribution in [0.2, 0.25) is 0 Å². The Balaban J connectivity index is 2.03. The number of rotatable bonds is 2. The van der Waals surface area contributed by atoms with Crippen molar-refractivity contribution in [3.05, 3.63) is 35.9 Å². The maximum absolute atomic E-state index is 12.5. The molecule has 0 radical (unpaired) electrons. The fourth-order valence-electron chi connectivity index (χ4n) is 2.24. The molecule has 0 aromatic heterocycles. The molecule has 0 spiro atoms. The molecule has 1 atom stereocenters. The van der Waals surface area contributed by atoms with Crippen molar-refractivity contribution < 1.29 is 4.79 Å². The molecule has 1 aromatic rings. The summed E-state index contributed by atoms with van der Waals surface area (Å²) in [6, 6.07) is 9.07. The minimum Gasteiger partial charge on any atom is -0.340 e. The molecule has 19 heavy (non-hydrogen) atoms. The second kappa shape index (κ2) is 5.97. The second-order valence-electron chi connectivity index (χ2n) is 5.57. The monoisotopic (exact) mass is 278 g/mol. The maximum Gasteiger partial charge on any atom is 0.244 e. The lowest BCUT2D eigenvalue weighted by Crippen LogP contribution is -2.40. The van der Waals surface area contributed by atoms with Gasteiger partial charge in [0.15, 0.2) is 0 Å². The average molecular weight is 278 g/mol. The minimum atomic E-state index is -0.535. The van der Waals surface area contributed by atoms with Crippen LogP contribution in [0.15, 0.2) is 30.3 Å². The number of amides is 1. The minimum absolute atomic E-state index is 0.0458. The smallest absolute Gasteiger partial charge is 0.244 e. The summed E-state index contributed by atoms with van der Waals surface area (Å²) < 4.78 is 0.256. The Morgan fingerprint density at radius 1 is 1.32 bits per heavy atom. The summed E-state index contributed by atoms with van der Waals surface area (Å²) in [5, 5.41) is 0. The fraction of sp³-hybridized carbons (Fsp3) is 0.533. The Morgan fingerprint density at radius 2 is 2.00 bits per heavy atom. The predicted molar refractivity (Wildman–Crippen MR) is 81.1 cm³/mol. The number of nitrogens with zero attached hydrogens (tertiary/aromatic N) is 1. The molecule has 4 heteroatoms. The van der Waals surface area contributed by atoms with Crippen molar-refractivity contribution in [1.82, 2.24) is 4.90 Å². The summed E-state index contributed by atoms with van der Waals surface area (Å²) >= 11 is 1.94. The van der Waals surface area contributed by atoms with E-state index in [4.69, 9.17) is 5.73 Å². The zero-order chi connectivity index (χ0) is 13.9. The molecule has 104 valence electrons. The van der Waals surface area contributed by atoms with Crippen LogP contribution in [-0.2, 0) is 4.79 Å². The van der Waals surface area contributed by atoms with Gasteiger partial charge in [-0.05, 0) is 12.0 Å². The van der Waals surface area contributed by atoms with Gasteiger partial charge >= 0.3 is 0 Å². The van der Waals surface area contributed by atoms with Crippen LogP contribution < -0.4 is 5.73 Å². The molecular weight excluding hydrogens is 256 g/mol. The van der Waals surface area contributed by atoms with Crippen LogP contribution in [0, 0.1) is 0 Å². The number of thioether (sulfide) groups is 1. The lowest BCUT2D eigenvalue weighted by Gasteiger charge is -2.25. The molecule has 2 N–H and O–H groups in total. The molecule has 2 rings (SSSR count). The zero-order valence-electron chi connectivity index (χ0n) is 11.6. The highest BCUT2D eigenvalue weighted by Gasteiger charge is 2.28. The van der Waals surface area contributed by atoms with Crippen molar-refractivity contribution in [2.45, 2.75) is 31.1 Å². The number of carbonyl (C=O) groups is 1. The largest absolute Gasteiger partial charge is 0.340 e. The van der Waals surface area contributed by atoms with Crippen molar-refractivity contribution in [2.24, 2.45) is 5.73 Å². The van der Waals surface area contributed by atoms with Crippen LogP contribution in [0.4, 0.5) is 0 Å². The summed E-state index contributed by atoms with van der Waals surface area (Å²) in [6.07, 6.45) is 1.02. The Kier molecular flexibility index (Phi) is 4.53. The van der Waals surface area contributed by atoms with Gasteiger partial charge in [-0.1, -0.05) is 44.2 Å². The third kappa shape index (κ3) is 3.74. The van der Waals surface area contributed by atoms with Crippen LogP contribution in [0.25, 0.3) is 0 Å². The Labute approximate surface area is 119 Å². The first-order valence-electron chi connectivity index (χ1n) is 6.73. The molecule has 1 aliphatic rings. The highest BCUT2D eigenvalue weighted by atomic mass is 32.2. The molecule has 0 unspecified atom stereocenters. The van der Waals surface area contributed by atoms with Gasteiger partial charge in [-0.15, -0.1) is 0 Å². The lowest BCUT2D eigenvalue weighted by atomic mass is 10.1. The van der Waals surface area contributed by atoms with Gasteiger partial charge in [-0.3, -0.25) is 4.79 Å². The highest BCUT2D eigenvalue weighted by Crippen LogP contribution is 2.31. The molecule has 1 saturated heterocycles. The Bertz CT molecular complexity index is 433. The standard InChI is InChI=1S/C15H22N2OS/c1-15(2)8-9-17(10-11-19-15)14(18)13(16)12-6-4-3-5-7-12/h3-7,13H,8-11,16H2,1-2H3/t13-/m0/s1. The quantitative estimate of drug-likeness (QED) is 0.904. The highest BCUT2D eigenvalue weighted by molar-refractivity contribution is 8.00. The Hall–Kier alpha value is -1.00. The summed E-state index contributed by atoms with van der Waals surface area (Å²) in [5.74, 6) is 1.03. The van der Waals surface area contributed by atoms with Crippen LogP contribution in [0.3, 0.4) is 0 Å². The third-order valence-corrected chi connectivity index (χ3v) is 4.95. The van der Waals surface area contributed by atoms with Crippen molar-refractivity contribution in [3.63, 3.8) is 0 Å². The van der Waals surface area contributed by atoms with E-state index in [1.807, 2.05) is 47.0 Å². The van der Waals surface area contributed by atoms with Gasteiger partial charge in [0.2, 0.25) is 5.91 Å². The van der Waals surface area contributed by atoms with Gasteiger partial charge in [0.1, 0.15) is 6.04 Å². The number of carbonyl (C=O) groups excluding carboxylic acids is 1. The van der Waals surface area contributed by atoms with Gasteiger partial charge in [-0.25, -0.2) is 0 Å². The first kappa shape index (κ1) is 14.4. The van der Waals surface area contributed by atoms with E-state index in [0.29, 0.717) is 0 Å². The van der Waals surface area contributed by atoms with Crippen LogP contribution >= 0.6 is 11.8 Å². The number of nitrogens with two attached hydrogens (primary N) is 1. The van der Waals surface area contributed by atoms with Gasteiger partial charge in [-0.2, -0.15) is 11.8 Å². The third-order valence-electron chi connectivity index (χ3n) is 3.57. The molecule has 1 aliphatic heterocycles. The summed E-state index contributed by atoms with van der Waals surface area (Å²) in [6.45, 7) is 6.08. The van der Waals surface area contributed by atoms with Crippen molar-refractivity contribution >= 4 is 17.7 Å². The lowest BCUT2D eigenvalue weighted by molar-refractivity contribution is -0.132. The van der Waals surface area contributed by atoms with E-state index < -0.39 is 6.04 Å². The van der Waals surface area contributed by atoms with E-state index >= 15 is 0 Å². The molecule has 1 amide bonds. The molecular formula is C15H22N2OS. The van der Waals surface area contributed by atoms with Crippen molar-refractivity contribution in [1.29, 1.82) is 0 Å². The molecule has 0 aliphatic carbocycles. The summed E-state index contributed by atoms with van der Waals surface area (Å²) in [4.78, 5) is 14.4. The van der Waals surface area contributed by atoms with E-state index in [0.717, 1.165) is 30.8 Å². The molecule has 0 saturated carbocycles. The van der Waals surface area contributed by atoms with E-state index in [1.54, 1.807) is 0 Å². The number of hydrogen-bond acceptors (Lipinski definition) is 3. The first-order chi connectivity index (χ1) is 8.99. The van der Waals surface area contributed by atoms with Crippen molar-refractivity contribution in [2.75, 3.05) is 18.8 Å². The molecule has 1 fully saturated rings. The Morgan fingerprint density at radius 3 is 2.68 bits per heavy atom. The normalized spacial score (nSPS) is 20.7. The zero-order valence-corrected chi connectivity index (χ0v) is 12.5. The number of hydrogen-bond donors (Lipinski definition) is 1.